The summed E-state index contributed by atoms with van der Waals surface area (Å²) in [4.78, 5) is 17.0. The zero-order chi connectivity index (χ0) is 17.7. The molecule has 0 bridgehead atoms. The van der Waals surface area contributed by atoms with E-state index in [2.05, 4.69) is 31.3 Å². The zero-order valence-electron chi connectivity index (χ0n) is 13.5. The summed E-state index contributed by atoms with van der Waals surface area (Å²) in [6.07, 6.45) is 2.26. The number of aromatic nitrogens is 3. The summed E-state index contributed by atoms with van der Waals surface area (Å²) in [5.74, 6) is 0.705. The lowest BCUT2D eigenvalue weighted by Gasteiger charge is -2.23. The molecule has 26 heavy (non-hydrogen) atoms. The second-order valence-electron chi connectivity index (χ2n) is 6.18. The molecule has 7 heteroatoms. The topological polar surface area (TPSA) is 59.8 Å². The third kappa shape index (κ3) is 2.55. The van der Waals surface area contributed by atoms with Crippen molar-refractivity contribution in [2.24, 2.45) is 0 Å². The van der Waals surface area contributed by atoms with Crippen molar-refractivity contribution >= 4 is 49.2 Å². The fourth-order valence-corrected chi connectivity index (χ4v) is 4.50. The number of para-hydroxylation sites is 1. The number of thiazole rings is 1. The first-order chi connectivity index (χ1) is 12.7. The lowest BCUT2D eigenvalue weighted by Crippen LogP contribution is -2.24. The number of hydrogen-bond donors (Lipinski definition) is 1. The molecule has 0 spiro atoms. The number of rotatable bonds is 2. The molecule has 2 aromatic carbocycles. The van der Waals surface area contributed by atoms with Gasteiger partial charge >= 0.3 is 0 Å². The average molecular weight is 425 g/mol. The van der Waals surface area contributed by atoms with Gasteiger partial charge in [0.05, 0.1) is 16.4 Å². The van der Waals surface area contributed by atoms with E-state index in [0.29, 0.717) is 12.2 Å². The maximum atomic E-state index is 12.4. The summed E-state index contributed by atoms with van der Waals surface area (Å²) in [6, 6.07) is 16.1. The van der Waals surface area contributed by atoms with Gasteiger partial charge in [0.2, 0.25) is 11.0 Å². The Bertz CT molecular complexity index is 1100. The highest BCUT2D eigenvalue weighted by Crippen LogP contribution is 2.39. The predicted octanol–water partition coefficient (Wildman–Crippen LogP) is 4.72. The molecule has 1 aliphatic heterocycles. The van der Waals surface area contributed by atoms with E-state index < -0.39 is 0 Å². The molecule has 5 nitrogen and oxygen atoms in total. The van der Waals surface area contributed by atoms with Crippen molar-refractivity contribution in [2.45, 2.75) is 12.3 Å². The second-order valence-corrected chi connectivity index (χ2v) is 8.11. The number of carbonyl (C=O) groups is 1. The molecule has 0 aliphatic carbocycles. The van der Waals surface area contributed by atoms with Gasteiger partial charge in [-0.05, 0) is 29.8 Å². The molecular weight excluding hydrogens is 412 g/mol. The van der Waals surface area contributed by atoms with Gasteiger partial charge in [0.25, 0.3) is 0 Å². The van der Waals surface area contributed by atoms with Crippen LogP contribution >= 0.6 is 27.3 Å². The van der Waals surface area contributed by atoms with E-state index in [0.717, 1.165) is 30.9 Å². The Labute approximate surface area is 161 Å². The molecule has 128 valence electrons. The molecule has 1 N–H and O–H groups in total. The number of hydrogen-bond acceptors (Lipinski definition) is 4. The molecule has 1 amide bonds. The van der Waals surface area contributed by atoms with E-state index in [1.165, 1.54) is 0 Å². The van der Waals surface area contributed by atoms with E-state index in [1.807, 2.05) is 54.7 Å². The van der Waals surface area contributed by atoms with Crippen molar-refractivity contribution in [3.63, 3.8) is 0 Å². The largest absolute Gasteiger partial charge is 0.310 e. The van der Waals surface area contributed by atoms with E-state index in [1.54, 1.807) is 16.0 Å². The molecule has 5 rings (SSSR count). The molecule has 3 heterocycles. The molecule has 1 unspecified atom stereocenters. The number of halogens is 1. The summed E-state index contributed by atoms with van der Waals surface area (Å²) in [6.45, 7) is 0. The first-order valence-corrected chi connectivity index (χ1v) is 9.79. The van der Waals surface area contributed by atoms with Gasteiger partial charge in [0.1, 0.15) is 5.82 Å². The minimum Gasteiger partial charge on any atom is -0.310 e. The second kappa shape index (κ2) is 6.03. The Hall–Kier alpha value is -2.51. The summed E-state index contributed by atoms with van der Waals surface area (Å²) < 4.78 is 3.85. The van der Waals surface area contributed by atoms with Crippen molar-refractivity contribution in [3.8, 4) is 5.13 Å². The van der Waals surface area contributed by atoms with Gasteiger partial charge in [0, 0.05) is 22.4 Å². The molecule has 0 saturated carbocycles. The molecular formula is C19H13BrN4OS. The van der Waals surface area contributed by atoms with E-state index >= 15 is 0 Å². The number of benzene rings is 2. The van der Waals surface area contributed by atoms with Gasteiger partial charge in [-0.3, -0.25) is 4.79 Å². The summed E-state index contributed by atoms with van der Waals surface area (Å²) in [5, 5.41) is 8.27. The van der Waals surface area contributed by atoms with Crippen LogP contribution in [0.1, 0.15) is 23.5 Å². The number of nitrogens with zero attached hydrogens (tertiary/aromatic N) is 3. The van der Waals surface area contributed by atoms with Gasteiger partial charge < -0.3 is 5.32 Å². The van der Waals surface area contributed by atoms with Crippen LogP contribution in [-0.2, 0) is 4.79 Å². The fraction of sp³-hybridized carbons (Fsp3) is 0.105. The molecule has 2 aromatic heterocycles. The van der Waals surface area contributed by atoms with E-state index in [-0.39, 0.29) is 11.8 Å². The van der Waals surface area contributed by atoms with Crippen LogP contribution in [0.25, 0.3) is 15.3 Å². The zero-order valence-corrected chi connectivity index (χ0v) is 15.9. The molecule has 0 radical (unpaired) electrons. The third-order valence-corrected chi connectivity index (χ3v) is 6.10. The Balaban J connectivity index is 1.63. The molecule has 4 aromatic rings. The van der Waals surface area contributed by atoms with Crippen LogP contribution in [0.5, 0.6) is 0 Å². The molecule has 0 saturated heterocycles. The SMILES string of the molecule is O=C1CC(c2ccc(Br)cc2)c2cnn(-c3nc4ccccc4s3)c2N1. The number of nitrogens with one attached hydrogen (secondary N) is 1. The average Bonchev–Trinajstić information content (AvgIpc) is 3.25. The predicted molar refractivity (Wildman–Crippen MR) is 106 cm³/mol. The number of amides is 1. The van der Waals surface area contributed by atoms with Crippen molar-refractivity contribution in [1.29, 1.82) is 0 Å². The maximum absolute atomic E-state index is 12.4. The highest BCUT2D eigenvalue weighted by Gasteiger charge is 2.31. The number of carbonyl (C=O) groups excluding carboxylic acids is 1. The molecule has 0 fully saturated rings. The van der Waals surface area contributed by atoms with E-state index in [4.69, 9.17) is 0 Å². The van der Waals surface area contributed by atoms with Gasteiger partial charge in [-0.2, -0.15) is 9.78 Å². The van der Waals surface area contributed by atoms with Crippen molar-refractivity contribution in [2.75, 3.05) is 5.32 Å². The van der Waals surface area contributed by atoms with Crippen LogP contribution < -0.4 is 5.32 Å². The molecule has 1 aliphatic rings. The van der Waals surface area contributed by atoms with Crippen LogP contribution in [0.15, 0.2) is 59.2 Å². The van der Waals surface area contributed by atoms with Crippen LogP contribution in [0.4, 0.5) is 5.82 Å². The van der Waals surface area contributed by atoms with Crippen molar-refractivity contribution < 1.29 is 4.79 Å². The van der Waals surface area contributed by atoms with Gasteiger partial charge in [-0.25, -0.2) is 4.98 Å². The Morgan fingerprint density at radius 1 is 1.15 bits per heavy atom. The highest BCUT2D eigenvalue weighted by atomic mass is 79.9. The lowest BCUT2D eigenvalue weighted by atomic mass is 9.87. The Morgan fingerprint density at radius 3 is 2.77 bits per heavy atom. The number of fused-ring (bicyclic) bond motifs is 2. The van der Waals surface area contributed by atoms with Gasteiger partial charge in [-0.15, -0.1) is 0 Å². The first-order valence-electron chi connectivity index (χ1n) is 8.18. The van der Waals surface area contributed by atoms with Crippen LogP contribution in [0.2, 0.25) is 0 Å². The van der Waals surface area contributed by atoms with Crippen molar-refractivity contribution in [3.05, 3.63) is 70.3 Å². The highest BCUT2D eigenvalue weighted by molar-refractivity contribution is 9.10. The molecule has 1 atom stereocenters. The third-order valence-electron chi connectivity index (χ3n) is 4.56. The van der Waals surface area contributed by atoms with E-state index in [9.17, 15) is 4.79 Å². The standard InChI is InChI=1S/C19H13BrN4OS/c20-12-7-5-11(6-8-12)13-9-17(25)23-18-14(13)10-21-24(18)19-22-15-3-1-2-4-16(15)26-19/h1-8,10,13H,9H2,(H,23,25). The maximum Gasteiger partial charge on any atom is 0.226 e. The normalized spacial score (nSPS) is 16.5. The number of anilines is 1. The minimum atomic E-state index is -0.00622. The fourth-order valence-electron chi connectivity index (χ4n) is 3.31. The monoisotopic (exact) mass is 424 g/mol. The summed E-state index contributed by atoms with van der Waals surface area (Å²) in [5.41, 5.74) is 3.06. The van der Waals surface area contributed by atoms with Crippen LogP contribution in [0, 0.1) is 0 Å². The Morgan fingerprint density at radius 2 is 1.96 bits per heavy atom. The van der Waals surface area contributed by atoms with Gasteiger partial charge in [0.15, 0.2) is 0 Å². The van der Waals surface area contributed by atoms with Gasteiger partial charge in [-0.1, -0.05) is 51.5 Å². The van der Waals surface area contributed by atoms with Crippen LogP contribution in [-0.4, -0.2) is 20.7 Å². The Kier molecular flexibility index (Phi) is 3.65. The quantitative estimate of drug-likeness (QED) is 0.506. The first kappa shape index (κ1) is 15.7. The summed E-state index contributed by atoms with van der Waals surface area (Å²) >= 11 is 5.02. The minimum absolute atomic E-state index is 0.00465. The van der Waals surface area contributed by atoms with Crippen molar-refractivity contribution in [1.82, 2.24) is 14.8 Å². The summed E-state index contributed by atoms with van der Waals surface area (Å²) in [7, 11) is 0. The smallest absolute Gasteiger partial charge is 0.226 e. The van der Waals surface area contributed by atoms with Crippen LogP contribution in [0.3, 0.4) is 0 Å². The lowest BCUT2D eigenvalue weighted by molar-refractivity contribution is -0.116.